The molecule has 2 N–H and O–H groups in total. The van der Waals surface area contributed by atoms with E-state index in [0.717, 1.165) is 5.56 Å². The first-order valence-corrected chi connectivity index (χ1v) is 7.60. The maximum absolute atomic E-state index is 11.5. The van der Waals surface area contributed by atoms with Crippen molar-refractivity contribution in [2.45, 2.75) is 39.3 Å². The quantitative estimate of drug-likeness (QED) is 0.795. The Morgan fingerprint density at radius 2 is 1.95 bits per heavy atom. The molecule has 0 aliphatic carbocycles. The second-order valence-corrected chi connectivity index (χ2v) is 6.61. The van der Waals surface area contributed by atoms with Gasteiger partial charge in [-0.25, -0.2) is 4.79 Å². The Morgan fingerprint density at radius 3 is 2.52 bits per heavy atom. The van der Waals surface area contributed by atoms with E-state index in [2.05, 4.69) is 10.6 Å². The number of carbonyl (C=O) groups excluding carboxylic acids is 1. The number of nitrogens with one attached hydrogen (secondary N) is 2. The van der Waals surface area contributed by atoms with Crippen LogP contribution in [-0.4, -0.2) is 24.8 Å². The van der Waals surface area contributed by atoms with Crippen molar-refractivity contribution in [1.82, 2.24) is 10.6 Å². The summed E-state index contributed by atoms with van der Waals surface area (Å²) in [4.78, 5) is 11.5. The average Bonchev–Trinajstić information content (AvgIpc) is 2.32. The lowest BCUT2D eigenvalue weighted by atomic mass is 10.1. The fourth-order valence-electron chi connectivity index (χ4n) is 1.73. The lowest BCUT2D eigenvalue weighted by molar-refractivity contribution is 0.0528. The van der Waals surface area contributed by atoms with Crippen molar-refractivity contribution in [3.63, 3.8) is 0 Å². The van der Waals surface area contributed by atoms with Gasteiger partial charge in [0.05, 0.1) is 0 Å². The lowest BCUT2D eigenvalue weighted by Gasteiger charge is -2.20. The van der Waals surface area contributed by atoms with Crippen LogP contribution < -0.4 is 10.6 Å². The molecule has 0 spiro atoms. The van der Waals surface area contributed by atoms with E-state index in [1.807, 2.05) is 33.8 Å². The molecule has 0 aliphatic rings. The molecular formula is C15H22Cl2N2O2. The summed E-state index contributed by atoms with van der Waals surface area (Å²) in [7, 11) is 0. The van der Waals surface area contributed by atoms with Gasteiger partial charge < -0.3 is 15.4 Å². The summed E-state index contributed by atoms with van der Waals surface area (Å²) in [5, 5.41) is 7.21. The number of benzene rings is 1. The SMILES string of the molecule is CC(NCCNC(=O)OC(C)(C)C)c1ccc(Cl)cc1Cl. The van der Waals surface area contributed by atoms with Gasteiger partial charge in [0.1, 0.15) is 5.60 Å². The van der Waals surface area contributed by atoms with Gasteiger partial charge in [0.2, 0.25) is 0 Å². The molecule has 6 heteroatoms. The number of ether oxygens (including phenoxy) is 1. The number of alkyl carbamates (subject to hydrolysis) is 1. The van der Waals surface area contributed by atoms with Gasteiger partial charge in [0, 0.05) is 29.2 Å². The van der Waals surface area contributed by atoms with Crippen LogP contribution in [0.15, 0.2) is 18.2 Å². The highest BCUT2D eigenvalue weighted by Gasteiger charge is 2.15. The van der Waals surface area contributed by atoms with Crippen LogP contribution in [-0.2, 0) is 4.74 Å². The van der Waals surface area contributed by atoms with Crippen molar-refractivity contribution in [1.29, 1.82) is 0 Å². The summed E-state index contributed by atoms with van der Waals surface area (Å²) in [5.74, 6) is 0. The van der Waals surface area contributed by atoms with Crippen LogP contribution >= 0.6 is 23.2 Å². The van der Waals surface area contributed by atoms with Crippen molar-refractivity contribution in [3.05, 3.63) is 33.8 Å². The predicted molar refractivity (Wildman–Crippen MR) is 87.1 cm³/mol. The zero-order valence-corrected chi connectivity index (χ0v) is 14.3. The van der Waals surface area contributed by atoms with Gasteiger partial charge in [-0.05, 0) is 45.4 Å². The summed E-state index contributed by atoms with van der Waals surface area (Å²) in [5.41, 5.74) is 0.486. The Balaban J connectivity index is 2.34. The maximum atomic E-state index is 11.5. The second-order valence-electron chi connectivity index (χ2n) is 5.77. The molecule has 1 rings (SSSR count). The average molecular weight is 333 g/mol. The molecule has 0 aliphatic heterocycles. The zero-order chi connectivity index (χ0) is 16.0. The fourth-order valence-corrected chi connectivity index (χ4v) is 2.30. The summed E-state index contributed by atoms with van der Waals surface area (Å²) in [6, 6.07) is 5.48. The molecular weight excluding hydrogens is 311 g/mol. The molecule has 1 unspecified atom stereocenters. The van der Waals surface area contributed by atoms with E-state index in [-0.39, 0.29) is 6.04 Å². The molecule has 0 bridgehead atoms. The van der Waals surface area contributed by atoms with E-state index in [9.17, 15) is 4.79 Å². The van der Waals surface area contributed by atoms with Gasteiger partial charge in [-0.3, -0.25) is 0 Å². The lowest BCUT2D eigenvalue weighted by Crippen LogP contribution is -2.36. The van der Waals surface area contributed by atoms with Crippen molar-refractivity contribution >= 4 is 29.3 Å². The van der Waals surface area contributed by atoms with Crippen LogP contribution in [0.4, 0.5) is 4.79 Å². The van der Waals surface area contributed by atoms with E-state index in [1.54, 1.807) is 12.1 Å². The van der Waals surface area contributed by atoms with E-state index < -0.39 is 11.7 Å². The van der Waals surface area contributed by atoms with Crippen LogP contribution in [0.25, 0.3) is 0 Å². The fraction of sp³-hybridized carbons (Fsp3) is 0.533. The minimum absolute atomic E-state index is 0.0650. The molecule has 1 atom stereocenters. The molecule has 118 valence electrons. The number of halogens is 2. The van der Waals surface area contributed by atoms with Gasteiger partial charge in [-0.2, -0.15) is 0 Å². The van der Waals surface area contributed by atoms with Gasteiger partial charge >= 0.3 is 6.09 Å². The third kappa shape index (κ3) is 7.02. The van der Waals surface area contributed by atoms with Crippen LogP contribution in [0.3, 0.4) is 0 Å². The van der Waals surface area contributed by atoms with Crippen molar-refractivity contribution in [2.24, 2.45) is 0 Å². The van der Waals surface area contributed by atoms with Crippen molar-refractivity contribution in [3.8, 4) is 0 Å². The maximum Gasteiger partial charge on any atom is 0.407 e. The summed E-state index contributed by atoms with van der Waals surface area (Å²) >= 11 is 12.0. The molecule has 1 aromatic carbocycles. The standard InChI is InChI=1S/C15H22Cl2N2O2/c1-10(12-6-5-11(16)9-13(12)17)18-7-8-19-14(20)21-15(2,3)4/h5-6,9-10,18H,7-8H2,1-4H3,(H,19,20). The first kappa shape index (κ1) is 18.1. The molecule has 0 heterocycles. The van der Waals surface area contributed by atoms with Crippen molar-refractivity contribution in [2.75, 3.05) is 13.1 Å². The van der Waals surface area contributed by atoms with Crippen LogP contribution in [0.2, 0.25) is 10.0 Å². The molecule has 0 fully saturated rings. The summed E-state index contributed by atoms with van der Waals surface area (Å²) in [6.07, 6.45) is -0.415. The largest absolute Gasteiger partial charge is 0.444 e. The molecule has 0 radical (unpaired) electrons. The minimum atomic E-state index is -0.484. The topological polar surface area (TPSA) is 50.4 Å². The number of carbonyl (C=O) groups is 1. The first-order chi connectivity index (χ1) is 9.69. The Bertz CT molecular complexity index is 487. The monoisotopic (exact) mass is 332 g/mol. The molecule has 1 amide bonds. The van der Waals surface area contributed by atoms with Crippen LogP contribution in [0.1, 0.15) is 39.3 Å². The number of rotatable bonds is 5. The molecule has 4 nitrogen and oxygen atoms in total. The van der Waals surface area contributed by atoms with E-state index >= 15 is 0 Å². The Labute approximate surface area is 136 Å². The van der Waals surface area contributed by atoms with Crippen LogP contribution in [0.5, 0.6) is 0 Å². The second kappa shape index (κ2) is 7.87. The Hall–Kier alpha value is -0.970. The van der Waals surface area contributed by atoms with Gasteiger partial charge in [-0.15, -0.1) is 0 Å². The van der Waals surface area contributed by atoms with E-state index in [1.165, 1.54) is 0 Å². The highest BCUT2D eigenvalue weighted by molar-refractivity contribution is 6.35. The third-order valence-corrected chi connectivity index (χ3v) is 3.24. The summed E-state index contributed by atoms with van der Waals surface area (Å²) < 4.78 is 5.15. The highest BCUT2D eigenvalue weighted by Crippen LogP contribution is 2.25. The Morgan fingerprint density at radius 1 is 1.29 bits per heavy atom. The molecule has 0 aromatic heterocycles. The van der Waals surface area contributed by atoms with E-state index in [0.29, 0.717) is 23.1 Å². The normalized spacial score (nSPS) is 12.9. The minimum Gasteiger partial charge on any atom is -0.444 e. The van der Waals surface area contributed by atoms with Gasteiger partial charge in [0.25, 0.3) is 0 Å². The number of hydrogen-bond acceptors (Lipinski definition) is 3. The smallest absolute Gasteiger partial charge is 0.407 e. The van der Waals surface area contributed by atoms with Crippen LogP contribution in [0, 0.1) is 0 Å². The van der Waals surface area contributed by atoms with Gasteiger partial charge in [-0.1, -0.05) is 29.3 Å². The molecule has 0 saturated carbocycles. The first-order valence-electron chi connectivity index (χ1n) is 6.84. The number of amides is 1. The predicted octanol–water partition coefficient (Wildman–Crippen LogP) is 4.17. The third-order valence-electron chi connectivity index (χ3n) is 2.67. The summed E-state index contributed by atoms with van der Waals surface area (Å²) in [6.45, 7) is 8.58. The van der Waals surface area contributed by atoms with Crippen molar-refractivity contribution < 1.29 is 9.53 Å². The molecule has 21 heavy (non-hydrogen) atoms. The molecule has 0 saturated heterocycles. The van der Waals surface area contributed by atoms with Gasteiger partial charge in [0.15, 0.2) is 0 Å². The zero-order valence-electron chi connectivity index (χ0n) is 12.8. The highest BCUT2D eigenvalue weighted by atomic mass is 35.5. The Kier molecular flexibility index (Phi) is 6.78. The van der Waals surface area contributed by atoms with E-state index in [4.69, 9.17) is 27.9 Å². The molecule has 1 aromatic rings. The number of hydrogen-bond donors (Lipinski definition) is 2.